The molecule has 0 saturated carbocycles. The summed E-state index contributed by atoms with van der Waals surface area (Å²) in [6, 6.07) is 0. The lowest BCUT2D eigenvalue weighted by Gasteiger charge is -2.00. The molecule has 0 aromatic rings. The van der Waals surface area contributed by atoms with Gasteiger partial charge in [0.05, 0.1) is 0 Å². The lowest BCUT2D eigenvalue weighted by Crippen LogP contribution is -1.96. The maximum atomic E-state index is 5.47. The largest absolute Gasteiger partial charge is 0.330 e. The van der Waals surface area contributed by atoms with Gasteiger partial charge in [-0.05, 0) is 64.3 Å². The number of hydrogen-bond acceptors (Lipinski definition) is 1. The molecule has 0 fully saturated rings. The van der Waals surface area contributed by atoms with Crippen molar-refractivity contribution in [3.8, 4) is 0 Å². The van der Waals surface area contributed by atoms with Crippen LogP contribution in [-0.4, -0.2) is 6.54 Å². The molecular weight excluding hydrogens is 302 g/mol. The summed E-state index contributed by atoms with van der Waals surface area (Å²) in [6.45, 7) is 3.08. The molecule has 0 aliphatic carbocycles. The smallest absolute Gasteiger partial charge is 0.00743 e. The number of unbranched alkanes of at least 4 members (excludes halogenated alkanes) is 12. The SMILES string of the molecule is CCCCCC=CCC=CCCCCCCCCCC=CCCCN. The topological polar surface area (TPSA) is 26.0 Å². The highest BCUT2D eigenvalue weighted by Gasteiger charge is 1.91. The van der Waals surface area contributed by atoms with Gasteiger partial charge in [-0.3, -0.25) is 0 Å². The quantitative estimate of drug-likeness (QED) is 0.187. The molecular formula is C24H45N. The Hall–Kier alpha value is -0.820. The first-order valence-corrected chi connectivity index (χ1v) is 11.1. The highest BCUT2D eigenvalue weighted by atomic mass is 14.5. The van der Waals surface area contributed by atoms with Crippen LogP contribution in [0.2, 0.25) is 0 Å². The first-order chi connectivity index (χ1) is 12.4. The summed E-state index contributed by atoms with van der Waals surface area (Å²) >= 11 is 0. The standard InChI is InChI=1S/C24H45N/c1-2-3-4-5-6-7-8-9-10-11-12-13-14-15-16-17-18-19-20-21-22-23-24-25/h6-7,9-10,20-21H,2-5,8,11-19,22-25H2,1H3. The van der Waals surface area contributed by atoms with Crippen LogP contribution in [0.1, 0.15) is 110 Å². The van der Waals surface area contributed by atoms with Gasteiger partial charge in [-0.1, -0.05) is 88.3 Å². The molecule has 0 unspecified atom stereocenters. The maximum absolute atomic E-state index is 5.47. The van der Waals surface area contributed by atoms with Crippen molar-refractivity contribution in [1.82, 2.24) is 0 Å². The minimum absolute atomic E-state index is 0.816. The van der Waals surface area contributed by atoms with Gasteiger partial charge < -0.3 is 5.73 Å². The Kier molecular flexibility index (Phi) is 22.4. The van der Waals surface area contributed by atoms with E-state index in [0.29, 0.717) is 0 Å². The van der Waals surface area contributed by atoms with E-state index in [1.807, 2.05) is 0 Å². The molecule has 0 radical (unpaired) electrons. The van der Waals surface area contributed by atoms with E-state index in [4.69, 9.17) is 5.73 Å². The van der Waals surface area contributed by atoms with Crippen molar-refractivity contribution in [3.05, 3.63) is 36.5 Å². The van der Waals surface area contributed by atoms with E-state index in [1.165, 1.54) is 83.5 Å². The summed E-state index contributed by atoms with van der Waals surface area (Å²) in [5, 5.41) is 0. The zero-order valence-corrected chi connectivity index (χ0v) is 17.1. The van der Waals surface area contributed by atoms with E-state index in [9.17, 15) is 0 Å². The highest BCUT2D eigenvalue weighted by molar-refractivity contribution is 4.92. The van der Waals surface area contributed by atoms with Crippen LogP contribution >= 0.6 is 0 Å². The zero-order valence-electron chi connectivity index (χ0n) is 17.1. The van der Waals surface area contributed by atoms with Gasteiger partial charge in [-0.25, -0.2) is 0 Å². The molecule has 0 rings (SSSR count). The Balaban J connectivity index is 3.15. The van der Waals surface area contributed by atoms with Crippen LogP contribution in [0, 0.1) is 0 Å². The highest BCUT2D eigenvalue weighted by Crippen LogP contribution is 2.10. The van der Waals surface area contributed by atoms with Crippen LogP contribution < -0.4 is 5.73 Å². The molecule has 0 aliphatic rings. The van der Waals surface area contributed by atoms with Gasteiger partial charge in [0.15, 0.2) is 0 Å². The van der Waals surface area contributed by atoms with Crippen LogP contribution in [0.4, 0.5) is 0 Å². The monoisotopic (exact) mass is 347 g/mol. The molecule has 0 bridgehead atoms. The van der Waals surface area contributed by atoms with E-state index in [1.54, 1.807) is 0 Å². The fraction of sp³-hybridized carbons (Fsp3) is 0.750. The van der Waals surface area contributed by atoms with Gasteiger partial charge in [0.25, 0.3) is 0 Å². The Bertz CT molecular complexity index is 314. The molecule has 0 aromatic heterocycles. The van der Waals surface area contributed by atoms with Crippen molar-refractivity contribution in [2.75, 3.05) is 6.54 Å². The third-order valence-electron chi connectivity index (χ3n) is 4.56. The van der Waals surface area contributed by atoms with Gasteiger partial charge in [0.2, 0.25) is 0 Å². The molecule has 25 heavy (non-hydrogen) atoms. The number of allylic oxidation sites excluding steroid dienone is 6. The predicted octanol–water partition coefficient (Wildman–Crippen LogP) is 7.88. The molecule has 1 heteroatoms. The Morgan fingerprint density at radius 2 is 0.880 bits per heavy atom. The molecule has 0 aliphatic heterocycles. The number of hydrogen-bond donors (Lipinski definition) is 1. The van der Waals surface area contributed by atoms with Crippen LogP contribution in [0.25, 0.3) is 0 Å². The van der Waals surface area contributed by atoms with Crippen LogP contribution in [0.5, 0.6) is 0 Å². The second-order valence-corrected chi connectivity index (χ2v) is 7.13. The molecule has 0 amide bonds. The summed E-state index contributed by atoms with van der Waals surface area (Å²) in [6.07, 6.45) is 34.9. The molecule has 2 N–H and O–H groups in total. The van der Waals surface area contributed by atoms with Crippen molar-refractivity contribution in [3.63, 3.8) is 0 Å². The third kappa shape index (κ3) is 23.2. The molecule has 0 atom stereocenters. The number of nitrogens with two attached hydrogens (primary N) is 1. The van der Waals surface area contributed by atoms with Crippen molar-refractivity contribution in [1.29, 1.82) is 0 Å². The first kappa shape index (κ1) is 24.2. The van der Waals surface area contributed by atoms with Crippen LogP contribution in [-0.2, 0) is 0 Å². The predicted molar refractivity (Wildman–Crippen MR) is 116 cm³/mol. The summed E-state index contributed by atoms with van der Waals surface area (Å²) in [5.41, 5.74) is 5.47. The average Bonchev–Trinajstić information content (AvgIpc) is 2.63. The normalized spacial score (nSPS) is 12.2. The van der Waals surface area contributed by atoms with Gasteiger partial charge in [0, 0.05) is 0 Å². The van der Waals surface area contributed by atoms with E-state index < -0.39 is 0 Å². The third-order valence-corrected chi connectivity index (χ3v) is 4.56. The fourth-order valence-corrected chi connectivity index (χ4v) is 2.90. The molecule has 0 heterocycles. The van der Waals surface area contributed by atoms with Crippen LogP contribution in [0.15, 0.2) is 36.5 Å². The van der Waals surface area contributed by atoms with Crippen molar-refractivity contribution in [2.45, 2.75) is 110 Å². The summed E-state index contributed by atoms with van der Waals surface area (Å²) in [7, 11) is 0. The summed E-state index contributed by atoms with van der Waals surface area (Å²) in [5.74, 6) is 0. The van der Waals surface area contributed by atoms with Crippen molar-refractivity contribution >= 4 is 0 Å². The lowest BCUT2D eigenvalue weighted by atomic mass is 10.1. The van der Waals surface area contributed by atoms with E-state index in [0.717, 1.165) is 25.8 Å². The molecule has 0 spiro atoms. The van der Waals surface area contributed by atoms with Gasteiger partial charge in [0.1, 0.15) is 0 Å². The average molecular weight is 348 g/mol. The van der Waals surface area contributed by atoms with Gasteiger partial charge >= 0.3 is 0 Å². The maximum Gasteiger partial charge on any atom is -0.00743 e. The van der Waals surface area contributed by atoms with E-state index in [-0.39, 0.29) is 0 Å². The summed E-state index contributed by atoms with van der Waals surface area (Å²) < 4.78 is 0. The second-order valence-electron chi connectivity index (χ2n) is 7.13. The van der Waals surface area contributed by atoms with E-state index >= 15 is 0 Å². The fourth-order valence-electron chi connectivity index (χ4n) is 2.90. The Morgan fingerprint density at radius 3 is 1.36 bits per heavy atom. The van der Waals surface area contributed by atoms with Gasteiger partial charge in [-0.2, -0.15) is 0 Å². The first-order valence-electron chi connectivity index (χ1n) is 11.1. The Morgan fingerprint density at radius 1 is 0.480 bits per heavy atom. The zero-order chi connectivity index (χ0) is 18.3. The van der Waals surface area contributed by atoms with E-state index in [2.05, 4.69) is 43.4 Å². The minimum atomic E-state index is 0.816. The molecule has 0 saturated heterocycles. The molecule has 0 aromatic carbocycles. The second kappa shape index (κ2) is 23.2. The minimum Gasteiger partial charge on any atom is -0.330 e. The lowest BCUT2D eigenvalue weighted by molar-refractivity contribution is 0.583. The Labute approximate surface area is 158 Å². The summed E-state index contributed by atoms with van der Waals surface area (Å²) in [4.78, 5) is 0. The molecule has 146 valence electrons. The number of rotatable bonds is 19. The van der Waals surface area contributed by atoms with Gasteiger partial charge in [-0.15, -0.1) is 0 Å². The van der Waals surface area contributed by atoms with Crippen LogP contribution in [0.3, 0.4) is 0 Å². The van der Waals surface area contributed by atoms with Crippen molar-refractivity contribution < 1.29 is 0 Å². The van der Waals surface area contributed by atoms with Crippen molar-refractivity contribution in [2.24, 2.45) is 5.73 Å². The molecule has 1 nitrogen and oxygen atoms in total.